The summed E-state index contributed by atoms with van der Waals surface area (Å²) in [5.74, 6) is 0.318. The minimum absolute atomic E-state index is 0.121. The summed E-state index contributed by atoms with van der Waals surface area (Å²) in [5, 5.41) is 0. The number of rotatable bonds is 4. The van der Waals surface area contributed by atoms with Gasteiger partial charge in [-0.2, -0.15) is 0 Å². The van der Waals surface area contributed by atoms with Crippen molar-refractivity contribution in [1.29, 1.82) is 0 Å². The Hall–Kier alpha value is -0.880. The Labute approximate surface area is 103 Å². The zero-order valence-corrected chi connectivity index (χ0v) is 11.5. The van der Waals surface area contributed by atoms with Gasteiger partial charge >= 0.3 is 0 Å². The average Bonchev–Trinajstić information content (AvgIpc) is 2.20. The predicted octanol–water partition coefficient (Wildman–Crippen LogP) is 1.25. The Morgan fingerprint density at radius 2 is 2.19 bits per heavy atom. The first-order valence-corrected chi connectivity index (χ1v) is 5.67. The third-order valence-electron chi connectivity index (χ3n) is 2.54. The fraction of sp³-hybridized carbons (Fsp3) is 0.600. The highest BCUT2D eigenvalue weighted by molar-refractivity contribution is 9.10. The van der Waals surface area contributed by atoms with E-state index in [1.165, 1.54) is 6.33 Å². The van der Waals surface area contributed by atoms with Gasteiger partial charge in [-0.15, -0.1) is 0 Å². The van der Waals surface area contributed by atoms with E-state index in [4.69, 9.17) is 4.74 Å². The number of hydrogen-bond donors (Lipinski definition) is 1. The van der Waals surface area contributed by atoms with Crippen LogP contribution in [0.15, 0.2) is 15.6 Å². The maximum atomic E-state index is 11.3. The molecule has 0 atom stereocenters. The molecule has 0 radical (unpaired) electrons. The van der Waals surface area contributed by atoms with Crippen LogP contribution in [0.1, 0.15) is 13.8 Å². The summed E-state index contributed by atoms with van der Waals surface area (Å²) in [6.45, 7) is 4.55. The van der Waals surface area contributed by atoms with Gasteiger partial charge in [0.25, 0.3) is 5.56 Å². The molecule has 0 saturated heterocycles. The van der Waals surface area contributed by atoms with Crippen LogP contribution in [-0.4, -0.2) is 41.1 Å². The summed E-state index contributed by atoms with van der Waals surface area (Å²) < 4.78 is 5.85. The number of halogens is 1. The molecule has 0 fully saturated rings. The van der Waals surface area contributed by atoms with E-state index in [9.17, 15) is 4.79 Å². The standard InChI is InChI=1S/C10H16BrN3O2/c1-10(2,14(3)4)5-16-9-7(11)8(15)12-6-13-9/h6H,5H2,1-4H3,(H,12,13,15). The van der Waals surface area contributed by atoms with E-state index in [-0.39, 0.29) is 11.1 Å². The molecule has 5 nitrogen and oxygen atoms in total. The summed E-state index contributed by atoms with van der Waals surface area (Å²) in [5.41, 5.74) is -0.364. The van der Waals surface area contributed by atoms with Crippen molar-refractivity contribution in [3.05, 3.63) is 21.2 Å². The molecular weight excluding hydrogens is 274 g/mol. The lowest BCUT2D eigenvalue weighted by Gasteiger charge is -2.31. The molecule has 1 aromatic heterocycles. The van der Waals surface area contributed by atoms with Gasteiger partial charge in [-0.25, -0.2) is 4.98 Å². The van der Waals surface area contributed by atoms with E-state index in [2.05, 4.69) is 25.9 Å². The lowest BCUT2D eigenvalue weighted by Crippen LogP contribution is -2.43. The number of aromatic amines is 1. The number of aromatic nitrogens is 2. The van der Waals surface area contributed by atoms with Crippen molar-refractivity contribution in [2.75, 3.05) is 20.7 Å². The lowest BCUT2D eigenvalue weighted by molar-refractivity contribution is 0.110. The Kier molecular flexibility index (Phi) is 4.09. The van der Waals surface area contributed by atoms with E-state index < -0.39 is 0 Å². The molecule has 0 saturated carbocycles. The summed E-state index contributed by atoms with van der Waals surface area (Å²) in [7, 11) is 3.95. The van der Waals surface area contributed by atoms with Crippen molar-refractivity contribution in [1.82, 2.24) is 14.9 Å². The molecule has 1 rings (SSSR count). The molecule has 0 unspecified atom stereocenters. The minimum Gasteiger partial charge on any atom is -0.475 e. The van der Waals surface area contributed by atoms with Gasteiger partial charge in [-0.1, -0.05) is 0 Å². The summed E-state index contributed by atoms with van der Waals surface area (Å²) >= 11 is 3.14. The van der Waals surface area contributed by atoms with Crippen LogP contribution in [0.2, 0.25) is 0 Å². The molecule has 0 spiro atoms. The molecule has 0 aliphatic carbocycles. The van der Waals surface area contributed by atoms with Crippen LogP contribution in [0.25, 0.3) is 0 Å². The number of ether oxygens (including phenoxy) is 1. The van der Waals surface area contributed by atoms with Crippen LogP contribution >= 0.6 is 15.9 Å². The van der Waals surface area contributed by atoms with Gasteiger partial charge in [0.1, 0.15) is 11.1 Å². The molecule has 16 heavy (non-hydrogen) atoms. The quantitative estimate of drug-likeness (QED) is 0.906. The van der Waals surface area contributed by atoms with Crippen molar-refractivity contribution >= 4 is 15.9 Å². The van der Waals surface area contributed by atoms with E-state index >= 15 is 0 Å². The van der Waals surface area contributed by atoms with Crippen molar-refractivity contribution < 1.29 is 4.74 Å². The maximum absolute atomic E-state index is 11.3. The van der Waals surface area contributed by atoms with Gasteiger partial charge < -0.3 is 14.6 Å². The molecule has 90 valence electrons. The van der Waals surface area contributed by atoms with E-state index in [1.807, 2.05) is 32.8 Å². The number of likely N-dealkylation sites (N-methyl/N-ethyl adjacent to an activating group) is 1. The topological polar surface area (TPSA) is 58.2 Å². The first-order chi connectivity index (χ1) is 7.34. The molecule has 0 amide bonds. The van der Waals surface area contributed by atoms with E-state index in [0.29, 0.717) is 17.0 Å². The SMILES string of the molecule is CN(C)C(C)(C)COc1nc[nH]c(=O)c1Br. The second kappa shape index (κ2) is 4.97. The number of nitrogens with zero attached hydrogens (tertiary/aromatic N) is 2. The van der Waals surface area contributed by atoms with Crippen LogP contribution in [0, 0.1) is 0 Å². The largest absolute Gasteiger partial charge is 0.475 e. The number of hydrogen-bond acceptors (Lipinski definition) is 4. The maximum Gasteiger partial charge on any atom is 0.268 e. The molecule has 1 aromatic rings. The van der Waals surface area contributed by atoms with Crippen molar-refractivity contribution in [2.45, 2.75) is 19.4 Å². The van der Waals surface area contributed by atoms with Crippen LogP contribution < -0.4 is 10.3 Å². The molecule has 1 N–H and O–H groups in total. The van der Waals surface area contributed by atoms with Crippen molar-refractivity contribution in [2.24, 2.45) is 0 Å². The monoisotopic (exact) mass is 289 g/mol. The Morgan fingerprint density at radius 1 is 1.56 bits per heavy atom. The van der Waals surface area contributed by atoms with E-state index in [0.717, 1.165) is 0 Å². The zero-order chi connectivity index (χ0) is 12.3. The highest BCUT2D eigenvalue weighted by Crippen LogP contribution is 2.18. The van der Waals surface area contributed by atoms with Gasteiger partial charge in [0.05, 0.1) is 6.33 Å². The third-order valence-corrected chi connectivity index (χ3v) is 3.24. The fourth-order valence-electron chi connectivity index (χ4n) is 0.841. The van der Waals surface area contributed by atoms with Gasteiger partial charge in [-0.3, -0.25) is 4.79 Å². The first kappa shape index (κ1) is 13.2. The van der Waals surface area contributed by atoms with Crippen molar-refractivity contribution in [3.8, 4) is 5.88 Å². The molecule has 6 heteroatoms. The van der Waals surface area contributed by atoms with Gasteiger partial charge in [0, 0.05) is 5.54 Å². The van der Waals surface area contributed by atoms with Crippen LogP contribution in [0.5, 0.6) is 5.88 Å². The van der Waals surface area contributed by atoms with Gasteiger partial charge in [-0.05, 0) is 43.9 Å². The van der Waals surface area contributed by atoms with Crippen LogP contribution in [-0.2, 0) is 0 Å². The molecule has 0 aromatic carbocycles. The first-order valence-electron chi connectivity index (χ1n) is 4.88. The normalized spacial score (nSPS) is 11.9. The Bertz CT molecular complexity index is 415. The summed E-state index contributed by atoms with van der Waals surface area (Å²) in [6.07, 6.45) is 1.32. The average molecular weight is 290 g/mol. The van der Waals surface area contributed by atoms with Crippen molar-refractivity contribution in [3.63, 3.8) is 0 Å². The Morgan fingerprint density at radius 3 is 2.75 bits per heavy atom. The predicted molar refractivity (Wildman–Crippen MR) is 65.8 cm³/mol. The fourth-order valence-corrected chi connectivity index (χ4v) is 1.17. The van der Waals surface area contributed by atoms with Crippen LogP contribution in [0.4, 0.5) is 0 Å². The zero-order valence-electron chi connectivity index (χ0n) is 9.87. The molecule has 0 bridgehead atoms. The third kappa shape index (κ3) is 3.05. The minimum atomic E-state index is -0.243. The molecular formula is C10H16BrN3O2. The van der Waals surface area contributed by atoms with Crippen LogP contribution in [0.3, 0.4) is 0 Å². The molecule has 1 heterocycles. The highest BCUT2D eigenvalue weighted by Gasteiger charge is 2.22. The second-order valence-electron chi connectivity index (χ2n) is 4.35. The second-order valence-corrected chi connectivity index (χ2v) is 5.14. The molecule has 0 aliphatic rings. The lowest BCUT2D eigenvalue weighted by atomic mass is 10.1. The number of nitrogens with one attached hydrogen (secondary N) is 1. The molecule has 0 aliphatic heterocycles. The summed E-state index contributed by atoms with van der Waals surface area (Å²) in [4.78, 5) is 19.7. The van der Waals surface area contributed by atoms with E-state index in [1.54, 1.807) is 0 Å². The summed E-state index contributed by atoms with van der Waals surface area (Å²) in [6, 6.07) is 0. The van der Waals surface area contributed by atoms with Gasteiger partial charge in [0.15, 0.2) is 0 Å². The van der Waals surface area contributed by atoms with Gasteiger partial charge in [0.2, 0.25) is 5.88 Å². The smallest absolute Gasteiger partial charge is 0.268 e. The Balaban J connectivity index is 2.76. The highest BCUT2D eigenvalue weighted by atomic mass is 79.9. The number of H-pyrrole nitrogens is 1.